The molecular weight excluding hydrogens is 220 g/mol. The first-order chi connectivity index (χ1) is 7.97. The van der Waals surface area contributed by atoms with Crippen LogP contribution >= 0.6 is 0 Å². The fraction of sp³-hybridized carbons (Fsp3) is 0.667. The van der Waals surface area contributed by atoms with Gasteiger partial charge in [0.25, 0.3) is 5.91 Å². The minimum absolute atomic E-state index is 0.144. The maximum Gasteiger partial charge on any atom is 0.256 e. The second-order valence-electron chi connectivity index (χ2n) is 4.65. The summed E-state index contributed by atoms with van der Waals surface area (Å²) in [6, 6.07) is -0.481. The predicted molar refractivity (Wildman–Crippen MR) is 64.2 cm³/mol. The molecule has 1 fully saturated rings. The molecule has 0 aromatic heterocycles. The summed E-state index contributed by atoms with van der Waals surface area (Å²) in [6.45, 7) is 8.24. The van der Waals surface area contributed by atoms with Crippen LogP contribution in [0.4, 0.5) is 0 Å². The third-order valence-corrected chi connectivity index (χ3v) is 2.78. The molecule has 0 saturated carbocycles. The van der Waals surface area contributed by atoms with Gasteiger partial charge in [-0.15, -0.1) is 0 Å². The molecule has 2 amide bonds. The molecule has 1 saturated heterocycles. The Kier molecular flexibility index (Phi) is 4.69. The highest BCUT2D eigenvalue weighted by molar-refractivity contribution is 5.91. The third-order valence-electron chi connectivity index (χ3n) is 2.78. The van der Waals surface area contributed by atoms with Crippen molar-refractivity contribution >= 4 is 11.8 Å². The lowest BCUT2D eigenvalue weighted by Gasteiger charge is -2.36. The molecule has 17 heavy (non-hydrogen) atoms. The fourth-order valence-electron chi connectivity index (χ4n) is 1.93. The molecule has 1 heterocycles. The Morgan fingerprint density at radius 3 is 2.88 bits per heavy atom. The summed E-state index contributed by atoms with van der Waals surface area (Å²) >= 11 is 0. The van der Waals surface area contributed by atoms with Crippen molar-refractivity contribution in [2.45, 2.75) is 32.4 Å². The van der Waals surface area contributed by atoms with Crippen LogP contribution in [0.25, 0.3) is 0 Å². The zero-order valence-corrected chi connectivity index (χ0v) is 10.3. The number of carbonyl (C=O) groups excluding carboxylic acids is 2. The second kappa shape index (κ2) is 5.82. The van der Waals surface area contributed by atoms with Crippen LogP contribution in [-0.4, -0.2) is 47.1 Å². The Morgan fingerprint density at radius 2 is 2.35 bits per heavy atom. The second-order valence-corrected chi connectivity index (χ2v) is 4.65. The van der Waals surface area contributed by atoms with Crippen LogP contribution in [-0.2, 0) is 9.59 Å². The Morgan fingerprint density at radius 1 is 1.71 bits per heavy atom. The first kappa shape index (κ1) is 13.7. The van der Waals surface area contributed by atoms with Crippen molar-refractivity contribution in [1.82, 2.24) is 10.2 Å². The van der Waals surface area contributed by atoms with Crippen LogP contribution in [0.1, 0.15) is 20.3 Å². The van der Waals surface area contributed by atoms with Gasteiger partial charge < -0.3 is 15.3 Å². The number of aliphatic hydroxyl groups is 1. The van der Waals surface area contributed by atoms with Crippen molar-refractivity contribution in [3.63, 3.8) is 0 Å². The van der Waals surface area contributed by atoms with Crippen molar-refractivity contribution in [2.24, 2.45) is 5.92 Å². The Bertz CT molecular complexity index is 315. The van der Waals surface area contributed by atoms with E-state index in [1.165, 1.54) is 11.0 Å². The molecule has 0 aliphatic carbocycles. The van der Waals surface area contributed by atoms with Gasteiger partial charge in [-0.05, 0) is 12.3 Å². The molecular formula is C12H20N2O3. The number of aliphatic hydroxyl groups excluding tert-OH is 1. The van der Waals surface area contributed by atoms with Gasteiger partial charge >= 0.3 is 0 Å². The van der Waals surface area contributed by atoms with E-state index in [-0.39, 0.29) is 5.91 Å². The lowest BCUT2D eigenvalue weighted by molar-refractivity contribution is -0.148. The smallest absolute Gasteiger partial charge is 0.256 e. The summed E-state index contributed by atoms with van der Waals surface area (Å²) < 4.78 is 0. The van der Waals surface area contributed by atoms with Gasteiger partial charge in [0.05, 0.1) is 0 Å². The molecule has 0 unspecified atom stereocenters. The van der Waals surface area contributed by atoms with Gasteiger partial charge in [-0.1, -0.05) is 26.5 Å². The number of piperazine rings is 1. The Labute approximate surface area is 101 Å². The maximum absolute atomic E-state index is 11.9. The molecule has 0 radical (unpaired) electrons. The molecule has 5 nitrogen and oxygen atoms in total. The minimum Gasteiger partial charge on any atom is -0.379 e. The third kappa shape index (κ3) is 3.30. The molecule has 2 N–H and O–H groups in total. The van der Waals surface area contributed by atoms with Gasteiger partial charge in [-0.2, -0.15) is 0 Å². The lowest BCUT2D eigenvalue weighted by atomic mass is 9.99. The minimum atomic E-state index is -1.23. The van der Waals surface area contributed by atoms with Gasteiger partial charge in [-0.3, -0.25) is 9.59 Å². The molecule has 1 rings (SSSR count). The predicted octanol–water partition coefficient (Wildman–Crippen LogP) is -0.0936. The average molecular weight is 240 g/mol. The number of amides is 2. The first-order valence-electron chi connectivity index (χ1n) is 5.86. The van der Waals surface area contributed by atoms with Crippen LogP contribution in [0.2, 0.25) is 0 Å². The zero-order chi connectivity index (χ0) is 13.0. The van der Waals surface area contributed by atoms with E-state index in [1.54, 1.807) is 0 Å². The monoisotopic (exact) mass is 240 g/mol. The van der Waals surface area contributed by atoms with Crippen LogP contribution < -0.4 is 5.32 Å². The number of nitrogens with zero attached hydrogens (tertiary/aromatic N) is 1. The highest BCUT2D eigenvalue weighted by Gasteiger charge is 2.35. The number of rotatable bonds is 4. The zero-order valence-electron chi connectivity index (χ0n) is 10.3. The lowest BCUT2D eigenvalue weighted by Crippen LogP contribution is -2.59. The van der Waals surface area contributed by atoms with E-state index in [1.807, 2.05) is 13.8 Å². The summed E-state index contributed by atoms with van der Waals surface area (Å²) in [6.07, 6.45) is 0.554. The van der Waals surface area contributed by atoms with Gasteiger partial charge in [0, 0.05) is 13.1 Å². The van der Waals surface area contributed by atoms with Crippen LogP contribution in [0.5, 0.6) is 0 Å². The first-order valence-corrected chi connectivity index (χ1v) is 5.86. The van der Waals surface area contributed by atoms with E-state index in [2.05, 4.69) is 11.9 Å². The summed E-state index contributed by atoms with van der Waals surface area (Å²) in [5, 5.41) is 12.2. The van der Waals surface area contributed by atoms with Crippen molar-refractivity contribution in [3.05, 3.63) is 12.7 Å². The number of hydrogen-bond acceptors (Lipinski definition) is 3. The van der Waals surface area contributed by atoms with Gasteiger partial charge in [0.2, 0.25) is 5.91 Å². The van der Waals surface area contributed by atoms with Gasteiger partial charge in [0.15, 0.2) is 6.10 Å². The average Bonchev–Trinajstić information content (AvgIpc) is 2.29. The van der Waals surface area contributed by atoms with E-state index < -0.39 is 18.1 Å². The van der Waals surface area contributed by atoms with Crippen LogP contribution in [0, 0.1) is 5.92 Å². The molecule has 96 valence electrons. The molecule has 1 aliphatic heterocycles. The van der Waals surface area contributed by atoms with Gasteiger partial charge in [0.1, 0.15) is 6.04 Å². The fourth-order valence-corrected chi connectivity index (χ4v) is 1.93. The highest BCUT2D eigenvalue weighted by Crippen LogP contribution is 2.15. The maximum atomic E-state index is 11.9. The number of carbonyl (C=O) groups is 2. The summed E-state index contributed by atoms with van der Waals surface area (Å²) in [5.41, 5.74) is 0. The van der Waals surface area contributed by atoms with E-state index in [0.717, 1.165) is 0 Å². The van der Waals surface area contributed by atoms with Gasteiger partial charge in [-0.25, -0.2) is 0 Å². The SMILES string of the molecule is C=C[C@H](O)C(=O)N1CCNC(=O)[C@H]1CC(C)C. The summed E-state index contributed by atoms with van der Waals surface area (Å²) in [7, 11) is 0. The van der Waals surface area contributed by atoms with Crippen molar-refractivity contribution in [2.75, 3.05) is 13.1 Å². The summed E-state index contributed by atoms with van der Waals surface area (Å²) in [4.78, 5) is 25.1. The highest BCUT2D eigenvalue weighted by atomic mass is 16.3. The normalized spacial score (nSPS) is 22.2. The molecule has 0 aromatic carbocycles. The molecule has 0 aromatic rings. The summed E-state index contributed by atoms with van der Waals surface area (Å²) in [5.74, 6) is -0.282. The van der Waals surface area contributed by atoms with E-state index >= 15 is 0 Å². The van der Waals surface area contributed by atoms with Crippen molar-refractivity contribution in [1.29, 1.82) is 0 Å². The molecule has 1 aliphatic rings. The van der Waals surface area contributed by atoms with E-state index in [4.69, 9.17) is 0 Å². The standard InChI is InChI=1S/C12H20N2O3/c1-4-10(15)12(17)14-6-5-13-11(16)9(14)7-8(2)3/h4,8-10,15H,1,5-7H2,2-3H3,(H,13,16)/t9-,10+/m1/s1. The number of nitrogens with one attached hydrogen (secondary N) is 1. The topological polar surface area (TPSA) is 69.6 Å². The van der Waals surface area contributed by atoms with Crippen LogP contribution in [0.3, 0.4) is 0 Å². The molecule has 2 atom stereocenters. The molecule has 5 heteroatoms. The largest absolute Gasteiger partial charge is 0.379 e. The van der Waals surface area contributed by atoms with Crippen LogP contribution in [0.15, 0.2) is 12.7 Å². The number of hydrogen-bond donors (Lipinski definition) is 2. The quantitative estimate of drug-likeness (QED) is 0.675. The van der Waals surface area contributed by atoms with Crippen molar-refractivity contribution in [3.8, 4) is 0 Å². The van der Waals surface area contributed by atoms with E-state index in [9.17, 15) is 14.7 Å². The van der Waals surface area contributed by atoms with Crippen molar-refractivity contribution < 1.29 is 14.7 Å². The van der Waals surface area contributed by atoms with E-state index in [0.29, 0.717) is 25.4 Å². The molecule has 0 spiro atoms. The Hall–Kier alpha value is -1.36. The molecule has 0 bridgehead atoms. The Balaban J connectivity index is 2.81.